The van der Waals surface area contributed by atoms with Crippen molar-refractivity contribution in [3.8, 4) is 11.1 Å². The lowest BCUT2D eigenvalue weighted by Crippen LogP contribution is -2.26. The van der Waals surface area contributed by atoms with Crippen molar-refractivity contribution >= 4 is 34.3 Å². The van der Waals surface area contributed by atoms with E-state index in [1.165, 1.54) is 6.07 Å². The number of aromatic nitrogens is 4. The summed E-state index contributed by atoms with van der Waals surface area (Å²) in [6.07, 6.45) is 5.43. The minimum Gasteiger partial charge on any atom is -0.350 e. The number of rotatable bonds is 6. The Balaban J connectivity index is 1.29. The van der Waals surface area contributed by atoms with Crippen LogP contribution < -0.4 is 10.6 Å². The predicted molar refractivity (Wildman–Crippen MR) is 143 cm³/mol. The van der Waals surface area contributed by atoms with E-state index < -0.39 is 0 Å². The maximum Gasteiger partial charge on any atom is 0.253 e. The number of halogens is 1. The molecule has 1 aliphatic carbocycles. The van der Waals surface area contributed by atoms with Gasteiger partial charge in [-0.3, -0.25) is 14.9 Å². The average Bonchev–Trinajstić information content (AvgIpc) is 3.60. The molecule has 9 heteroatoms. The van der Waals surface area contributed by atoms with Crippen molar-refractivity contribution < 1.29 is 14.0 Å². The Bertz CT molecular complexity index is 1730. The van der Waals surface area contributed by atoms with Crippen molar-refractivity contribution in [1.29, 1.82) is 0 Å². The SMILES string of the molecule is Cc1ccc(C(C)NC(=O)c2cn(C)c3ccc(-c4ccn5nc(NC(=O)C6CC6)nc5c4)cc23)cc1F. The summed E-state index contributed by atoms with van der Waals surface area (Å²) in [5, 5.41) is 10.9. The molecule has 1 aliphatic rings. The quantitative estimate of drug-likeness (QED) is 0.329. The van der Waals surface area contributed by atoms with E-state index in [0.717, 1.165) is 34.9 Å². The normalized spacial score (nSPS) is 14.1. The zero-order chi connectivity index (χ0) is 26.6. The maximum atomic E-state index is 14.1. The zero-order valence-electron chi connectivity index (χ0n) is 21.3. The number of fused-ring (bicyclic) bond motifs is 2. The molecule has 3 aromatic heterocycles. The molecular formula is C29H27FN6O2. The van der Waals surface area contributed by atoms with E-state index in [4.69, 9.17) is 0 Å². The second-order valence-electron chi connectivity index (χ2n) is 10.0. The molecule has 5 aromatic rings. The smallest absolute Gasteiger partial charge is 0.253 e. The number of carbonyl (C=O) groups excluding carboxylic acids is 2. The Morgan fingerprint density at radius 2 is 1.87 bits per heavy atom. The van der Waals surface area contributed by atoms with Crippen LogP contribution in [0.3, 0.4) is 0 Å². The molecule has 38 heavy (non-hydrogen) atoms. The molecule has 2 N–H and O–H groups in total. The largest absolute Gasteiger partial charge is 0.350 e. The summed E-state index contributed by atoms with van der Waals surface area (Å²) >= 11 is 0. The summed E-state index contributed by atoms with van der Waals surface area (Å²) in [5.41, 5.74) is 5.16. The van der Waals surface area contributed by atoms with Gasteiger partial charge in [0.15, 0.2) is 5.65 Å². The highest BCUT2D eigenvalue weighted by Crippen LogP contribution is 2.31. The van der Waals surface area contributed by atoms with Crippen LogP contribution >= 0.6 is 0 Å². The predicted octanol–water partition coefficient (Wildman–Crippen LogP) is 5.18. The van der Waals surface area contributed by atoms with Gasteiger partial charge in [0, 0.05) is 36.3 Å². The van der Waals surface area contributed by atoms with Crippen molar-refractivity contribution in [1.82, 2.24) is 24.5 Å². The molecule has 1 saturated carbocycles. The van der Waals surface area contributed by atoms with Crippen LogP contribution in [0.2, 0.25) is 0 Å². The Morgan fingerprint density at radius 3 is 2.63 bits per heavy atom. The second-order valence-corrected chi connectivity index (χ2v) is 10.0. The van der Waals surface area contributed by atoms with Crippen LogP contribution in [0.4, 0.5) is 10.3 Å². The van der Waals surface area contributed by atoms with Crippen LogP contribution in [-0.4, -0.2) is 31.0 Å². The number of nitrogens with zero attached hydrogens (tertiary/aromatic N) is 4. The summed E-state index contributed by atoms with van der Waals surface area (Å²) < 4.78 is 17.6. The molecule has 0 spiro atoms. The second kappa shape index (κ2) is 9.09. The van der Waals surface area contributed by atoms with Gasteiger partial charge in [0.1, 0.15) is 5.82 Å². The van der Waals surface area contributed by atoms with Crippen molar-refractivity contribution in [2.45, 2.75) is 32.7 Å². The average molecular weight is 511 g/mol. The minimum atomic E-state index is -0.360. The highest BCUT2D eigenvalue weighted by atomic mass is 19.1. The Morgan fingerprint density at radius 1 is 1.08 bits per heavy atom. The summed E-state index contributed by atoms with van der Waals surface area (Å²) in [7, 11) is 1.90. The molecule has 6 rings (SSSR count). The van der Waals surface area contributed by atoms with Crippen molar-refractivity contribution in [3.63, 3.8) is 0 Å². The summed E-state index contributed by atoms with van der Waals surface area (Å²) in [6, 6.07) is 14.4. The molecule has 2 aromatic carbocycles. The van der Waals surface area contributed by atoms with Gasteiger partial charge in [-0.15, -0.1) is 5.10 Å². The van der Waals surface area contributed by atoms with Crippen LogP contribution in [0.5, 0.6) is 0 Å². The third kappa shape index (κ3) is 4.40. The molecule has 0 saturated heterocycles. The number of nitrogens with one attached hydrogen (secondary N) is 2. The number of hydrogen-bond donors (Lipinski definition) is 2. The number of benzene rings is 2. The third-order valence-electron chi connectivity index (χ3n) is 7.13. The van der Waals surface area contributed by atoms with Gasteiger partial charge in [-0.25, -0.2) is 8.91 Å². The first kappa shape index (κ1) is 23.8. The van der Waals surface area contributed by atoms with Gasteiger partial charge in [0.25, 0.3) is 5.91 Å². The van der Waals surface area contributed by atoms with E-state index >= 15 is 0 Å². The lowest BCUT2D eigenvalue weighted by Gasteiger charge is -2.15. The molecule has 3 heterocycles. The van der Waals surface area contributed by atoms with Crippen LogP contribution in [0.25, 0.3) is 27.7 Å². The minimum absolute atomic E-state index is 0.0386. The van der Waals surface area contributed by atoms with Crippen molar-refractivity contribution in [2.75, 3.05) is 5.32 Å². The number of hydrogen-bond acceptors (Lipinski definition) is 4. The van der Waals surface area contributed by atoms with E-state index in [2.05, 4.69) is 20.7 Å². The number of amides is 2. The van der Waals surface area contributed by atoms with Crippen LogP contribution in [-0.2, 0) is 11.8 Å². The molecule has 1 unspecified atom stereocenters. The van der Waals surface area contributed by atoms with Gasteiger partial charge in [0.2, 0.25) is 11.9 Å². The molecule has 0 radical (unpaired) electrons. The number of carbonyl (C=O) groups is 2. The molecule has 192 valence electrons. The van der Waals surface area contributed by atoms with Gasteiger partial charge in [-0.05, 0) is 79.3 Å². The van der Waals surface area contributed by atoms with E-state index in [9.17, 15) is 14.0 Å². The van der Waals surface area contributed by atoms with Crippen LogP contribution in [0.15, 0.2) is 60.9 Å². The fraction of sp³-hybridized carbons (Fsp3) is 0.241. The molecule has 2 amide bonds. The van der Waals surface area contributed by atoms with Gasteiger partial charge in [-0.2, -0.15) is 4.98 Å². The van der Waals surface area contributed by atoms with E-state index in [-0.39, 0.29) is 29.6 Å². The van der Waals surface area contributed by atoms with E-state index in [0.29, 0.717) is 28.3 Å². The van der Waals surface area contributed by atoms with E-state index in [1.807, 2.05) is 61.1 Å². The summed E-state index contributed by atoms with van der Waals surface area (Å²) in [5.74, 6) is -0.199. The molecule has 0 bridgehead atoms. The molecule has 1 atom stereocenters. The van der Waals surface area contributed by atoms with Gasteiger partial charge in [0.05, 0.1) is 11.6 Å². The number of aryl methyl sites for hydroxylation is 2. The van der Waals surface area contributed by atoms with Gasteiger partial charge in [-0.1, -0.05) is 18.2 Å². The number of anilines is 1. The van der Waals surface area contributed by atoms with Crippen molar-refractivity contribution in [3.05, 3.63) is 83.4 Å². The van der Waals surface area contributed by atoms with Gasteiger partial charge >= 0.3 is 0 Å². The first-order valence-electron chi connectivity index (χ1n) is 12.6. The first-order chi connectivity index (χ1) is 18.3. The lowest BCUT2D eigenvalue weighted by molar-refractivity contribution is -0.117. The van der Waals surface area contributed by atoms with Crippen LogP contribution in [0.1, 0.15) is 47.3 Å². The fourth-order valence-corrected chi connectivity index (χ4v) is 4.66. The highest BCUT2D eigenvalue weighted by molar-refractivity contribution is 6.08. The third-order valence-corrected chi connectivity index (χ3v) is 7.13. The topological polar surface area (TPSA) is 93.3 Å². The summed E-state index contributed by atoms with van der Waals surface area (Å²) in [4.78, 5) is 29.8. The highest BCUT2D eigenvalue weighted by Gasteiger charge is 2.30. The lowest BCUT2D eigenvalue weighted by atomic mass is 10.0. The Kier molecular flexibility index (Phi) is 5.71. The van der Waals surface area contributed by atoms with Gasteiger partial charge < -0.3 is 9.88 Å². The standard InChI is InChI=1S/C29H27FN6O2/c1-16-4-5-19(13-24(16)30)17(2)31-28(38)23-15-35(3)25-9-8-20(12-22(23)25)21-10-11-36-26(14-21)32-29(34-36)33-27(37)18-6-7-18/h4-5,8-15,17-18H,6-7H2,1-3H3,(H,31,38)(H,33,34,37). The maximum absolute atomic E-state index is 14.1. The number of pyridine rings is 1. The Hall–Kier alpha value is -4.53. The molecular weight excluding hydrogens is 483 g/mol. The monoisotopic (exact) mass is 510 g/mol. The van der Waals surface area contributed by atoms with Crippen molar-refractivity contribution in [2.24, 2.45) is 13.0 Å². The molecule has 0 aliphatic heterocycles. The zero-order valence-corrected chi connectivity index (χ0v) is 21.3. The fourth-order valence-electron chi connectivity index (χ4n) is 4.66. The summed E-state index contributed by atoms with van der Waals surface area (Å²) in [6.45, 7) is 3.55. The molecule has 1 fully saturated rings. The molecule has 8 nitrogen and oxygen atoms in total. The first-order valence-corrected chi connectivity index (χ1v) is 12.6. The van der Waals surface area contributed by atoms with Crippen LogP contribution in [0, 0.1) is 18.7 Å². The Labute approximate surface area is 218 Å². The van der Waals surface area contributed by atoms with E-state index in [1.54, 1.807) is 23.7 Å².